The van der Waals surface area contributed by atoms with E-state index in [1.807, 2.05) is 49.5 Å². The molecular weight excluding hydrogens is 300 g/mol. The van der Waals surface area contributed by atoms with Crippen LogP contribution in [0.2, 0.25) is 0 Å². The zero-order valence-electron chi connectivity index (χ0n) is 13.1. The summed E-state index contributed by atoms with van der Waals surface area (Å²) in [6.07, 6.45) is 2.64. The molecule has 0 fully saturated rings. The van der Waals surface area contributed by atoms with Gasteiger partial charge in [-0.25, -0.2) is 0 Å². The second kappa shape index (κ2) is 4.89. The van der Waals surface area contributed by atoms with Crippen LogP contribution in [-0.4, -0.2) is 20.3 Å². The van der Waals surface area contributed by atoms with Gasteiger partial charge in [-0.2, -0.15) is 5.10 Å². The second-order valence-electron chi connectivity index (χ2n) is 5.94. The lowest BCUT2D eigenvalue weighted by molar-refractivity contribution is 0.400. The van der Waals surface area contributed by atoms with Crippen molar-refractivity contribution in [1.82, 2.24) is 20.3 Å². The van der Waals surface area contributed by atoms with Gasteiger partial charge in [-0.15, -0.1) is 0 Å². The number of pyridine rings is 1. The van der Waals surface area contributed by atoms with E-state index in [0.29, 0.717) is 0 Å². The Balaban J connectivity index is 1.71. The topological polar surface area (TPSA) is 67.6 Å². The zero-order valence-corrected chi connectivity index (χ0v) is 13.1. The van der Waals surface area contributed by atoms with Crippen LogP contribution in [0.3, 0.4) is 0 Å². The van der Waals surface area contributed by atoms with E-state index in [9.17, 15) is 0 Å². The smallest absolute Gasteiger partial charge is 0.143 e. The molecule has 116 valence electrons. The Morgan fingerprint density at radius 3 is 2.75 bits per heavy atom. The average molecular weight is 314 g/mol. The Morgan fingerprint density at radius 1 is 1.00 bits per heavy atom. The summed E-state index contributed by atoms with van der Waals surface area (Å²) in [6.45, 7) is 1.93. The largest absolute Gasteiger partial charge is 0.360 e. The van der Waals surface area contributed by atoms with E-state index in [0.717, 1.165) is 51.6 Å². The number of rotatable bonds is 2. The van der Waals surface area contributed by atoms with Crippen molar-refractivity contribution in [2.45, 2.75) is 13.3 Å². The van der Waals surface area contributed by atoms with Gasteiger partial charge in [0.15, 0.2) is 0 Å². The molecule has 1 aliphatic rings. The fourth-order valence-electron chi connectivity index (χ4n) is 3.38. The number of aromatic nitrogens is 4. The lowest BCUT2D eigenvalue weighted by Crippen LogP contribution is -1.90. The first-order chi connectivity index (χ1) is 11.8. The number of hydrogen-bond acceptors (Lipinski definition) is 4. The van der Waals surface area contributed by atoms with Crippen LogP contribution in [-0.2, 0) is 6.42 Å². The zero-order chi connectivity index (χ0) is 16.1. The molecule has 0 radical (unpaired) electrons. The van der Waals surface area contributed by atoms with Gasteiger partial charge < -0.3 is 4.52 Å². The van der Waals surface area contributed by atoms with Crippen molar-refractivity contribution in [2.75, 3.05) is 0 Å². The molecule has 0 spiro atoms. The molecule has 24 heavy (non-hydrogen) atoms. The van der Waals surface area contributed by atoms with Gasteiger partial charge in [-0.05, 0) is 18.6 Å². The molecule has 4 aromatic rings. The minimum absolute atomic E-state index is 0.770. The maximum atomic E-state index is 5.49. The van der Waals surface area contributed by atoms with Crippen molar-refractivity contribution < 1.29 is 4.52 Å². The molecule has 0 bridgehead atoms. The molecule has 1 aromatic carbocycles. The van der Waals surface area contributed by atoms with Crippen LogP contribution >= 0.6 is 0 Å². The fourth-order valence-corrected chi connectivity index (χ4v) is 3.38. The number of nitrogens with one attached hydrogen (secondary N) is 1. The number of hydrogen-bond donors (Lipinski definition) is 1. The summed E-state index contributed by atoms with van der Waals surface area (Å²) in [6, 6.07) is 14.1. The third kappa shape index (κ3) is 1.78. The van der Waals surface area contributed by atoms with Crippen molar-refractivity contribution in [3.05, 3.63) is 65.5 Å². The highest BCUT2D eigenvalue weighted by Gasteiger charge is 2.29. The molecule has 0 saturated carbocycles. The van der Waals surface area contributed by atoms with Crippen LogP contribution in [0.4, 0.5) is 0 Å². The van der Waals surface area contributed by atoms with Gasteiger partial charge in [0.05, 0.1) is 17.0 Å². The van der Waals surface area contributed by atoms with Crippen molar-refractivity contribution in [3.63, 3.8) is 0 Å². The van der Waals surface area contributed by atoms with E-state index in [1.165, 1.54) is 5.56 Å². The number of nitrogens with zero attached hydrogens (tertiary/aromatic N) is 3. The Morgan fingerprint density at radius 2 is 1.88 bits per heavy atom. The first-order valence-corrected chi connectivity index (χ1v) is 7.86. The lowest BCUT2D eigenvalue weighted by Gasteiger charge is -2.02. The van der Waals surface area contributed by atoms with Crippen LogP contribution in [0.5, 0.6) is 0 Å². The Bertz CT molecular complexity index is 1050. The monoisotopic (exact) mass is 314 g/mol. The highest BCUT2D eigenvalue weighted by molar-refractivity contribution is 5.86. The summed E-state index contributed by atoms with van der Waals surface area (Å²) in [5.74, 6) is 0.770. The fraction of sp³-hybridized carbons (Fsp3) is 0.105. The molecule has 3 heterocycles. The highest BCUT2D eigenvalue weighted by Crippen LogP contribution is 2.42. The molecule has 5 nitrogen and oxygen atoms in total. The molecular formula is C19H14N4O. The van der Waals surface area contributed by atoms with Gasteiger partial charge in [0.25, 0.3) is 0 Å². The van der Waals surface area contributed by atoms with E-state index in [2.05, 4.69) is 26.4 Å². The van der Waals surface area contributed by atoms with Gasteiger partial charge in [-0.1, -0.05) is 41.6 Å². The molecule has 5 heteroatoms. The first-order valence-electron chi connectivity index (χ1n) is 7.86. The average Bonchev–Trinajstić information content (AvgIpc) is 3.29. The van der Waals surface area contributed by atoms with E-state index in [4.69, 9.17) is 4.52 Å². The van der Waals surface area contributed by atoms with Crippen molar-refractivity contribution >= 4 is 0 Å². The standard InChI is InChI=1S/C19H14N4O/c1-11-15(16(23-24-11)12-6-3-2-4-7-12)18-14-10-13-8-5-9-20-17(13)19(14)22-21-18/h2-9H,10H2,1H3,(H,21,22). The summed E-state index contributed by atoms with van der Waals surface area (Å²) < 4.78 is 5.49. The third-order valence-corrected chi connectivity index (χ3v) is 4.51. The Labute approximate surface area is 138 Å². The molecule has 0 amide bonds. The van der Waals surface area contributed by atoms with E-state index in [1.54, 1.807) is 0 Å². The van der Waals surface area contributed by atoms with Crippen LogP contribution in [0.1, 0.15) is 16.9 Å². The molecule has 0 atom stereocenters. The molecule has 3 aromatic heterocycles. The summed E-state index contributed by atoms with van der Waals surface area (Å²) in [5, 5.41) is 12.0. The predicted octanol–water partition coefficient (Wildman–Crippen LogP) is 4.01. The molecule has 1 N–H and O–H groups in total. The van der Waals surface area contributed by atoms with Crippen LogP contribution in [0.15, 0.2) is 53.2 Å². The maximum absolute atomic E-state index is 5.49. The Kier molecular flexibility index (Phi) is 2.70. The predicted molar refractivity (Wildman–Crippen MR) is 90.3 cm³/mol. The summed E-state index contributed by atoms with van der Waals surface area (Å²) in [5.41, 5.74) is 8.07. The SMILES string of the molecule is Cc1onc(-c2ccccc2)c1-c1n[nH]c2c1Cc1cccnc1-2. The van der Waals surface area contributed by atoms with Crippen molar-refractivity contribution in [2.24, 2.45) is 0 Å². The molecule has 5 rings (SSSR count). The van der Waals surface area contributed by atoms with E-state index < -0.39 is 0 Å². The first kappa shape index (κ1) is 13.2. The number of aryl methyl sites for hydroxylation is 1. The van der Waals surface area contributed by atoms with Crippen LogP contribution < -0.4 is 0 Å². The maximum Gasteiger partial charge on any atom is 0.143 e. The number of H-pyrrole nitrogens is 1. The Hall–Kier alpha value is -3.21. The van der Waals surface area contributed by atoms with Crippen LogP contribution in [0, 0.1) is 6.92 Å². The minimum atomic E-state index is 0.770. The number of benzene rings is 1. The van der Waals surface area contributed by atoms with Gasteiger partial charge in [-0.3, -0.25) is 10.1 Å². The third-order valence-electron chi connectivity index (χ3n) is 4.51. The summed E-state index contributed by atoms with van der Waals surface area (Å²) in [4.78, 5) is 4.49. The quantitative estimate of drug-likeness (QED) is 0.534. The second-order valence-corrected chi connectivity index (χ2v) is 5.94. The van der Waals surface area contributed by atoms with Gasteiger partial charge >= 0.3 is 0 Å². The van der Waals surface area contributed by atoms with Gasteiger partial charge in [0.2, 0.25) is 0 Å². The van der Waals surface area contributed by atoms with Crippen molar-refractivity contribution in [3.8, 4) is 33.9 Å². The van der Waals surface area contributed by atoms with Gasteiger partial charge in [0.1, 0.15) is 17.1 Å². The lowest BCUT2D eigenvalue weighted by atomic mass is 10.00. The molecule has 0 saturated heterocycles. The summed E-state index contributed by atoms with van der Waals surface area (Å²) in [7, 11) is 0. The van der Waals surface area contributed by atoms with Crippen LogP contribution in [0.25, 0.3) is 33.9 Å². The van der Waals surface area contributed by atoms with Gasteiger partial charge in [0, 0.05) is 23.7 Å². The highest BCUT2D eigenvalue weighted by atomic mass is 16.5. The van der Waals surface area contributed by atoms with E-state index in [-0.39, 0.29) is 0 Å². The summed E-state index contributed by atoms with van der Waals surface area (Å²) >= 11 is 0. The minimum Gasteiger partial charge on any atom is -0.360 e. The normalized spacial score (nSPS) is 12.2. The number of aromatic amines is 1. The number of fused-ring (bicyclic) bond motifs is 3. The molecule has 1 aliphatic carbocycles. The van der Waals surface area contributed by atoms with Crippen molar-refractivity contribution in [1.29, 1.82) is 0 Å². The molecule has 0 aliphatic heterocycles. The molecule has 0 unspecified atom stereocenters. The van der Waals surface area contributed by atoms with E-state index >= 15 is 0 Å².